The number of carbonyl (C=O) groups is 2. The quantitative estimate of drug-likeness (QED) is 0.199. The van der Waals surface area contributed by atoms with Crippen LogP contribution < -0.4 is 14.8 Å². The molecule has 1 aromatic heterocycles. The van der Waals surface area contributed by atoms with Crippen molar-refractivity contribution in [2.24, 2.45) is 0 Å². The van der Waals surface area contributed by atoms with Crippen LogP contribution in [0.15, 0.2) is 71.3 Å². The number of aromatic nitrogens is 1. The normalized spacial score (nSPS) is 15.5. The Morgan fingerprint density at radius 2 is 1.63 bits per heavy atom. The highest BCUT2D eigenvalue weighted by Crippen LogP contribution is 2.49. The van der Waals surface area contributed by atoms with Crippen LogP contribution in [-0.4, -0.2) is 44.0 Å². The molecule has 1 aliphatic rings. The van der Waals surface area contributed by atoms with Crippen LogP contribution in [0.4, 0.5) is 18.0 Å². The number of benzene rings is 3. The fourth-order valence-corrected chi connectivity index (χ4v) is 6.25. The molecule has 1 fully saturated rings. The molecule has 46 heavy (non-hydrogen) atoms. The third kappa shape index (κ3) is 6.16. The molecule has 0 bridgehead atoms. The molecule has 1 heterocycles. The van der Waals surface area contributed by atoms with Crippen molar-refractivity contribution in [1.82, 2.24) is 15.2 Å². The number of carboxylic acid groups (broad SMARTS) is 1. The molecule has 14 heteroatoms. The molecule has 0 aliphatic heterocycles. The number of halogens is 3. The Balaban J connectivity index is 1.54. The molecule has 3 aromatic carbocycles. The molecule has 1 aliphatic carbocycles. The number of aryl methyl sites for hydroxylation is 1. The molecular weight excluding hydrogens is 627 g/mol. The maximum atomic E-state index is 13.6. The zero-order valence-electron chi connectivity index (χ0n) is 25.2. The lowest BCUT2D eigenvalue weighted by molar-refractivity contribution is -0.137. The molecule has 1 atom stereocenters. The lowest BCUT2D eigenvalue weighted by Gasteiger charge is -2.31. The molecule has 242 valence electrons. The average Bonchev–Trinajstić information content (AvgIpc) is 3.71. The summed E-state index contributed by atoms with van der Waals surface area (Å²) in [6.07, 6.45) is -4.17. The van der Waals surface area contributed by atoms with Gasteiger partial charge in [-0.25, -0.2) is 13.2 Å². The van der Waals surface area contributed by atoms with E-state index >= 15 is 0 Å². The van der Waals surface area contributed by atoms with E-state index in [0.29, 0.717) is 35.3 Å². The van der Waals surface area contributed by atoms with Crippen LogP contribution in [0, 0.1) is 6.92 Å². The number of nitrogens with one attached hydrogen (secondary N) is 2. The maximum Gasteiger partial charge on any atom is 0.416 e. The second kappa shape index (κ2) is 11.5. The van der Waals surface area contributed by atoms with Gasteiger partial charge < -0.3 is 19.7 Å². The molecule has 5 rings (SSSR count). The van der Waals surface area contributed by atoms with Crippen LogP contribution >= 0.6 is 0 Å². The van der Waals surface area contributed by atoms with Crippen LogP contribution in [-0.2, 0) is 31.9 Å². The minimum absolute atomic E-state index is 0.0200. The van der Waals surface area contributed by atoms with E-state index < -0.39 is 44.7 Å². The third-order valence-electron chi connectivity index (χ3n) is 8.17. The Bertz CT molecular complexity index is 1930. The Morgan fingerprint density at radius 1 is 1.00 bits per heavy atom. The average molecular weight is 658 g/mol. The van der Waals surface area contributed by atoms with Gasteiger partial charge in [0.1, 0.15) is 5.75 Å². The third-order valence-corrected chi connectivity index (χ3v) is 8.72. The fourth-order valence-electron chi connectivity index (χ4n) is 5.72. The van der Waals surface area contributed by atoms with E-state index in [-0.39, 0.29) is 22.6 Å². The number of ether oxygens (including phenoxy) is 1. The van der Waals surface area contributed by atoms with Gasteiger partial charge in [0.15, 0.2) is 5.76 Å². The van der Waals surface area contributed by atoms with E-state index in [0.717, 1.165) is 24.0 Å². The Labute approximate surface area is 262 Å². The maximum absolute atomic E-state index is 13.6. The largest absolute Gasteiger partial charge is 0.496 e. The highest BCUT2D eigenvalue weighted by Gasteiger charge is 2.52. The highest BCUT2D eigenvalue weighted by molar-refractivity contribution is 7.89. The van der Waals surface area contributed by atoms with Gasteiger partial charge in [-0.15, -0.1) is 0 Å². The van der Waals surface area contributed by atoms with Crippen LogP contribution in [0.2, 0.25) is 0 Å². The number of alkyl halides is 3. The first-order valence-corrected chi connectivity index (χ1v) is 15.8. The van der Waals surface area contributed by atoms with Crippen molar-refractivity contribution in [1.29, 1.82) is 0 Å². The van der Waals surface area contributed by atoms with E-state index in [1.165, 1.54) is 26.2 Å². The Kier molecular flexibility index (Phi) is 8.14. The summed E-state index contributed by atoms with van der Waals surface area (Å²) in [5, 5.41) is 16.2. The lowest BCUT2D eigenvalue weighted by atomic mass is 9.81. The summed E-state index contributed by atoms with van der Waals surface area (Å²) in [5.41, 5.74) is -0.578. The zero-order valence-corrected chi connectivity index (χ0v) is 26.0. The van der Waals surface area contributed by atoms with E-state index in [4.69, 9.17) is 9.26 Å². The topological polar surface area (TPSA) is 148 Å². The van der Waals surface area contributed by atoms with Crippen LogP contribution in [0.1, 0.15) is 47.7 Å². The number of hydrogen-bond donors (Lipinski definition) is 3. The van der Waals surface area contributed by atoms with Crippen molar-refractivity contribution in [3.63, 3.8) is 0 Å². The van der Waals surface area contributed by atoms with Crippen molar-refractivity contribution < 1.29 is 45.5 Å². The van der Waals surface area contributed by atoms with Gasteiger partial charge in [0.25, 0.3) is 0 Å². The van der Waals surface area contributed by atoms with Crippen molar-refractivity contribution in [3.8, 4) is 28.2 Å². The zero-order chi connectivity index (χ0) is 33.7. The van der Waals surface area contributed by atoms with Gasteiger partial charge in [-0.05, 0) is 73.2 Å². The first kappa shape index (κ1) is 32.5. The highest BCUT2D eigenvalue weighted by atomic mass is 32.2. The molecule has 0 radical (unpaired) electrons. The van der Waals surface area contributed by atoms with Crippen molar-refractivity contribution in [3.05, 3.63) is 94.7 Å². The number of hydrogen-bond acceptors (Lipinski definition) is 7. The fraction of sp³-hybridized carbons (Fsp3) is 0.281. The lowest BCUT2D eigenvalue weighted by Crippen LogP contribution is -2.44. The van der Waals surface area contributed by atoms with Gasteiger partial charge in [0.2, 0.25) is 15.9 Å². The minimum Gasteiger partial charge on any atom is -0.496 e. The number of methoxy groups -OCH3 is 1. The summed E-state index contributed by atoms with van der Waals surface area (Å²) in [6, 6.07) is 16.6. The minimum atomic E-state index is -4.66. The first-order chi connectivity index (χ1) is 21.5. The van der Waals surface area contributed by atoms with E-state index in [1.54, 1.807) is 49.4 Å². The molecule has 0 saturated heterocycles. The molecule has 10 nitrogen and oxygen atoms in total. The smallest absolute Gasteiger partial charge is 0.416 e. The van der Waals surface area contributed by atoms with Gasteiger partial charge in [-0.2, -0.15) is 13.2 Å². The van der Waals surface area contributed by atoms with Crippen molar-refractivity contribution in [2.75, 3.05) is 13.4 Å². The number of rotatable bonds is 9. The standard InChI is InChI=1S/C32H30F3N3O7S/c1-18-26(30(2,36-29(40)41)22-6-5-7-23(17-22)32(33,34)35)27(45-37-18)24-13-10-20(16-25(24)44-3)19-8-11-21(12-9-19)31(14-15-31)28(39)38-46(4,42)43/h5-13,16-17,36H,14-15H2,1-4H3,(H,38,39)(H,40,41). The van der Waals surface area contributed by atoms with Crippen LogP contribution in [0.5, 0.6) is 5.75 Å². The SMILES string of the molecule is COc1cc(-c2ccc(C3(C(=O)NS(C)(=O)=O)CC3)cc2)ccc1-c1onc(C)c1C(C)(NC(=O)O)c1cccc(C(F)(F)F)c1. The van der Waals surface area contributed by atoms with E-state index in [1.807, 2.05) is 0 Å². The second-order valence-electron chi connectivity index (χ2n) is 11.4. The second-order valence-corrected chi connectivity index (χ2v) is 13.1. The van der Waals surface area contributed by atoms with Crippen molar-refractivity contribution >= 4 is 22.0 Å². The van der Waals surface area contributed by atoms with Gasteiger partial charge in [-0.1, -0.05) is 47.6 Å². The molecular formula is C32H30F3N3O7S. The van der Waals surface area contributed by atoms with Crippen molar-refractivity contribution in [2.45, 2.75) is 43.8 Å². The molecule has 1 saturated carbocycles. The number of sulfonamides is 1. The van der Waals surface area contributed by atoms with Gasteiger partial charge >= 0.3 is 12.3 Å². The summed E-state index contributed by atoms with van der Waals surface area (Å²) in [7, 11) is -2.28. The summed E-state index contributed by atoms with van der Waals surface area (Å²) in [5.74, 6) is -0.161. The number of nitrogens with zero attached hydrogens (tertiary/aromatic N) is 1. The summed E-state index contributed by atoms with van der Waals surface area (Å²) in [4.78, 5) is 24.6. The predicted molar refractivity (Wildman–Crippen MR) is 162 cm³/mol. The summed E-state index contributed by atoms with van der Waals surface area (Å²) >= 11 is 0. The Hall–Kier alpha value is -4.85. The van der Waals surface area contributed by atoms with Crippen LogP contribution in [0.3, 0.4) is 0 Å². The predicted octanol–water partition coefficient (Wildman–Crippen LogP) is 5.98. The summed E-state index contributed by atoms with van der Waals surface area (Å²) < 4.78 is 77.4. The first-order valence-electron chi connectivity index (χ1n) is 14.0. The van der Waals surface area contributed by atoms with E-state index in [9.17, 15) is 36.3 Å². The van der Waals surface area contributed by atoms with Gasteiger partial charge in [0.05, 0.1) is 46.7 Å². The van der Waals surface area contributed by atoms with Crippen LogP contribution in [0.25, 0.3) is 22.5 Å². The monoisotopic (exact) mass is 657 g/mol. The van der Waals surface area contributed by atoms with Gasteiger partial charge in [-0.3, -0.25) is 9.52 Å². The molecule has 3 N–H and O–H groups in total. The van der Waals surface area contributed by atoms with E-state index in [2.05, 4.69) is 15.2 Å². The molecule has 2 amide bonds. The Morgan fingerprint density at radius 3 is 2.20 bits per heavy atom. The van der Waals surface area contributed by atoms with Gasteiger partial charge in [0, 0.05) is 0 Å². The molecule has 1 unspecified atom stereocenters. The molecule has 0 spiro atoms. The molecule has 4 aromatic rings. The summed E-state index contributed by atoms with van der Waals surface area (Å²) in [6.45, 7) is 2.99. The number of carbonyl (C=O) groups excluding carboxylic acids is 1. The number of amides is 2.